The first kappa shape index (κ1) is 19.9. The zero-order valence-electron chi connectivity index (χ0n) is 17.2. The van der Waals surface area contributed by atoms with Gasteiger partial charge in [-0.05, 0) is 69.2 Å². The zero-order chi connectivity index (χ0) is 21.4. The molecule has 1 aromatic heterocycles. The summed E-state index contributed by atoms with van der Waals surface area (Å²) in [4.78, 5) is 27.2. The molecule has 6 heteroatoms. The topological polar surface area (TPSA) is 51.5 Å². The van der Waals surface area contributed by atoms with Crippen LogP contribution in [0.1, 0.15) is 34.2 Å². The van der Waals surface area contributed by atoms with Gasteiger partial charge in [0.05, 0.1) is 5.56 Å². The molecule has 5 nitrogen and oxygen atoms in total. The number of ether oxygens (including phenoxy) is 1. The molecule has 1 aliphatic rings. The Kier molecular flexibility index (Phi) is 5.16. The summed E-state index contributed by atoms with van der Waals surface area (Å²) in [6, 6.07) is 15.6. The average molecular weight is 406 g/mol. The van der Waals surface area contributed by atoms with Crippen LogP contribution in [0, 0.1) is 19.7 Å². The van der Waals surface area contributed by atoms with Crippen LogP contribution in [0.15, 0.2) is 54.6 Å². The zero-order valence-corrected chi connectivity index (χ0v) is 17.2. The molecule has 1 atom stereocenters. The number of rotatable bonds is 4. The van der Waals surface area contributed by atoms with Gasteiger partial charge in [-0.15, -0.1) is 0 Å². The van der Waals surface area contributed by atoms with Crippen molar-refractivity contribution in [2.75, 3.05) is 11.5 Å². The second-order valence-electron chi connectivity index (χ2n) is 7.62. The van der Waals surface area contributed by atoms with E-state index in [1.165, 1.54) is 12.1 Å². The molecule has 1 amide bonds. The first-order chi connectivity index (χ1) is 14.4. The summed E-state index contributed by atoms with van der Waals surface area (Å²) >= 11 is 0. The van der Waals surface area contributed by atoms with Crippen molar-refractivity contribution in [2.24, 2.45) is 0 Å². The van der Waals surface area contributed by atoms with E-state index in [1.54, 1.807) is 30.0 Å². The molecule has 30 heavy (non-hydrogen) atoms. The third-order valence-electron chi connectivity index (χ3n) is 5.54. The molecule has 154 valence electrons. The van der Waals surface area contributed by atoms with Gasteiger partial charge in [0, 0.05) is 28.8 Å². The number of carbonyl (C=O) groups excluding carboxylic acids is 2. The van der Waals surface area contributed by atoms with Crippen LogP contribution in [0.4, 0.5) is 10.1 Å². The Morgan fingerprint density at radius 3 is 2.53 bits per heavy atom. The van der Waals surface area contributed by atoms with Crippen LogP contribution in [0.2, 0.25) is 0 Å². The van der Waals surface area contributed by atoms with E-state index in [0.717, 1.165) is 29.1 Å². The number of hydrogen-bond acceptors (Lipinski definition) is 3. The van der Waals surface area contributed by atoms with Crippen molar-refractivity contribution < 1.29 is 18.7 Å². The van der Waals surface area contributed by atoms with Crippen molar-refractivity contribution in [1.82, 2.24) is 4.57 Å². The number of esters is 1. The van der Waals surface area contributed by atoms with Gasteiger partial charge in [-0.25, -0.2) is 9.18 Å². The summed E-state index contributed by atoms with van der Waals surface area (Å²) in [5.41, 5.74) is 4.63. The molecule has 4 rings (SSSR count). The number of benzene rings is 2. The van der Waals surface area contributed by atoms with Crippen LogP contribution in [0.25, 0.3) is 5.69 Å². The molecule has 0 radical (unpaired) electrons. The standard InChI is InChI=1S/C24H23FN2O3/c1-15-12-18-6-4-5-7-22(18)27(15)23(28)14-30-24(29)21-13-16(2)26(17(21)3)20-10-8-19(25)9-11-20/h4-11,13,15H,12,14H2,1-3H3/t15-/m0/s1. The number of aromatic nitrogens is 1. The molecule has 0 bridgehead atoms. The molecule has 3 aromatic rings. The molecular weight excluding hydrogens is 383 g/mol. The van der Waals surface area contributed by atoms with Crippen LogP contribution in [0.5, 0.6) is 0 Å². The Hall–Kier alpha value is -3.41. The molecule has 0 N–H and O–H groups in total. The van der Waals surface area contributed by atoms with Gasteiger partial charge in [0.2, 0.25) is 0 Å². The molecule has 0 aliphatic carbocycles. The van der Waals surface area contributed by atoms with Crippen molar-refractivity contribution in [3.8, 4) is 5.69 Å². The SMILES string of the molecule is Cc1cc(C(=O)OCC(=O)N2c3ccccc3C[C@@H]2C)c(C)n1-c1ccc(F)cc1. The molecule has 0 saturated heterocycles. The number of halogens is 1. The molecule has 0 fully saturated rings. The minimum atomic E-state index is -0.551. The first-order valence-electron chi connectivity index (χ1n) is 9.89. The molecule has 1 aliphatic heterocycles. The number of para-hydroxylation sites is 1. The van der Waals surface area contributed by atoms with Gasteiger partial charge in [0.15, 0.2) is 6.61 Å². The minimum absolute atomic E-state index is 0.0251. The number of nitrogens with zero attached hydrogens (tertiary/aromatic N) is 2. The van der Waals surface area contributed by atoms with Gasteiger partial charge in [-0.1, -0.05) is 18.2 Å². The average Bonchev–Trinajstić information content (AvgIpc) is 3.22. The summed E-state index contributed by atoms with van der Waals surface area (Å²) in [7, 11) is 0. The highest BCUT2D eigenvalue weighted by Crippen LogP contribution is 2.32. The second-order valence-corrected chi connectivity index (χ2v) is 7.62. The largest absolute Gasteiger partial charge is 0.452 e. The van der Waals surface area contributed by atoms with Crippen molar-refractivity contribution in [1.29, 1.82) is 0 Å². The Morgan fingerprint density at radius 2 is 1.80 bits per heavy atom. The van der Waals surface area contributed by atoms with Crippen LogP contribution in [0.3, 0.4) is 0 Å². The Labute approximate surface area is 174 Å². The van der Waals surface area contributed by atoms with E-state index >= 15 is 0 Å². The van der Waals surface area contributed by atoms with Crippen LogP contribution >= 0.6 is 0 Å². The van der Waals surface area contributed by atoms with E-state index in [0.29, 0.717) is 11.3 Å². The molecular formula is C24H23FN2O3. The van der Waals surface area contributed by atoms with E-state index in [-0.39, 0.29) is 24.4 Å². The lowest BCUT2D eigenvalue weighted by Gasteiger charge is -2.22. The number of hydrogen-bond donors (Lipinski definition) is 0. The Bertz CT molecular complexity index is 1120. The van der Waals surface area contributed by atoms with E-state index in [4.69, 9.17) is 4.74 Å². The maximum absolute atomic E-state index is 13.2. The minimum Gasteiger partial charge on any atom is -0.452 e. The third kappa shape index (κ3) is 3.49. The first-order valence-corrected chi connectivity index (χ1v) is 9.89. The molecule has 0 saturated carbocycles. The Balaban J connectivity index is 1.49. The van der Waals surface area contributed by atoms with Crippen LogP contribution in [-0.4, -0.2) is 29.1 Å². The van der Waals surface area contributed by atoms with Gasteiger partial charge < -0.3 is 14.2 Å². The van der Waals surface area contributed by atoms with E-state index in [9.17, 15) is 14.0 Å². The fourth-order valence-electron chi connectivity index (χ4n) is 4.18. The third-order valence-corrected chi connectivity index (χ3v) is 5.54. The van der Waals surface area contributed by atoms with Crippen LogP contribution < -0.4 is 4.90 Å². The molecule has 2 heterocycles. The number of fused-ring (bicyclic) bond motifs is 1. The van der Waals surface area contributed by atoms with Gasteiger partial charge in [0.25, 0.3) is 5.91 Å². The van der Waals surface area contributed by atoms with Crippen molar-refractivity contribution in [3.63, 3.8) is 0 Å². The predicted octanol–water partition coefficient (Wildman–Crippen LogP) is 4.37. The summed E-state index contributed by atoms with van der Waals surface area (Å²) in [6.07, 6.45) is 0.786. The molecule has 0 spiro atoms. The number of aryl methyl sites for hydroxylation is 1. The van der Waals surface area contributed by atoms with E-state index in [2.05, 4.69) is 0 Å². The quantitative estimate of drug-likeness (QED) is 0.605. The summed E-state index contributed by atoms with van der Waals surface area (Å²) in [5, 5.41) is 0. The fraction of sp³-hybridized carbons (Fsp3) is 0.250. The predicted molar refractivity (Wildman–Crippen MR) is 113 cm³/mol. The maximum atomic E-state index is 13.2. The highest BCUT2D eigenvalue weighted by molar-refractivity contribution is 5.99. The lowest BCUT2D eigenvalue weighted by atomic mass is 10.1. The normalized spacial score (nSPS) is 15.2. The lowest BCUT2D eigenvalue weighted by molar-refractivity contribution is -0.122. The van der Waals surface area contributed by atoms with Crippen molar-refractivity contribution in [2.45, 2.75) is 33.2 Å². The highest BCUT2D eigenvalue weighted by atomic mass is 19.1. The summed E-state index contributed by atoms with van der Waals surface area (Å²) < 4.78 is 20.5. The summed E-state index contributed by atoms with van der Waals surface area (Å²) in [6.45, 7) is 5.32. The maximum Gasteiger partial charge on any atom is 0.340 e. The van der Waals surface area contributed by atoms with E-state index < -0.39 is 5.97 Å². The smallest absolute Gasteiger partial charge is 0.340 e. The molecule has 2 aromatic carbocycles. The monoisotopic (exact) mass is 406 g/mol. The Morgan fingerprint density at radius 1 is 1.10 bits per heavy atom. The van der Waals surface area contributed by atoms with E-state index in [1.807, 2.05) is 42.7 Å². The highest BCUT2D eigenvalue weighted by Gasteiger charge is 2.31. The van der Waals surface area contributed by atoms with Gasteiger partial charge in [-0.2, -0.15) is 0 Å². The number of carbonyl (C=O) groups is 2. The van der Waals surface area contributed by atoms with Crippen molar-refractivity contribution in [3.05, 3.63) is 82.9 Å². The van der Waals surface area contributed by atoms with Crippen LogP contribution in [-0.2, 0) is 16.0 Å². The second kappa shape index (κ2) is 7.78. The fourth-order valence-corrected chi connectivity index (χ4v) is 4.18. The molecule has 0 unspecified atom stereocenters. The number of amides is 1. The van der Waals surface area contributed by atoms with Gasteiger partial charge >= 0.3 is 5.97 Å². The van der Waals surface area contributed by atoms with Gasteiger partial charge in [-0.3, -0.25) is 4.79 Å². The lowest BCUT2D eigenvalue weighted by Crippen LogP contribution is -2.38. The number of anilines is 1. The van der Waals surface area contributed by atoms with Crippen molar-refractivity contribution >= 4 is 17.6 Å². The van der Waals surface area contributed by atoms with Gasteiger partial charge in [0.1, 0.15) is 5.82 Å². The summed E-state index contributed by atoms with van der Waals surface area (Å²) in [5.74, 6) is -1.12.